The topological polar surface area (TPSA) is 99.8 Å². The van der Waals surface area contributed by atoms with Gasteiger partial charge in [-0.1, -0.05) is 65.3 Å². The van der Waals surface area contributed by atoms with Crippen LogP contribution in [0.1, 0.15) is 88.5 Å². The van der Waals surface area contributed by atoms with E-state index in [1.165, 1.54) is 17.2 Å². The van der Waals surface area contributed by atoms with Gasteiger partial charge >= 0.3 is 5.63 Å². The standard InChI is InChI=1S/C30H39NO5.C2H6/c1-6-8-22(23-10-7-9-21(15-23)17-31-5)12-11-18(2)19(3)27(33)16-25-20(4)24-13-14-26(32)28(34)29(24)36-30(25)35;1-2/h7,9-10,13-15,18-19,22,31-32,34H,6,8,11-12,16-17H2,1-5H3;1-2H3. The summed E-state index contributed by atoms with van der Waals surface area (Å²) in [4.78, 5) is 25.8. The van der Waals surface area contributed by atoms with E-state index in [0.717, 1.165) is 32.2 Å². The lowest BCUT2D eigenvalue weighted by Crippen LogP contribution is -2.24. The molecule has 0 bridgehead atoms. The minimum absolute atomic E-state index is 0.00306. The van der Waals surface area contributed by atoms with E-state index in [-0.39, 0.29) is 35.4 Å². The number of aromatic hydroxyl groups is 2. The number of phenols is 2. The van der Waals surface area contributed by atoms with Crippen molar-refractivity contribution in [3.8, 4) is 11.5 Å². The maximum absolute atomic E-state index is 13.2. The number of ketones is 1. The van der Waals surface area contributed by atoms with Gasteiger partial charge in [-0.3, -0.25) is 4.79 Å². The average Bonchev–Trinajstić information content (AvgIpc) is 2.92. The van der Waals surface area contributed by atoms with Crippen molar-refractivity contribution in [2.75, 3.05) is 7.05 Å². The van der Waals surface area contributed by atoms with Crippen LogP contribution in [0, 0.1) is 18.8 Å². The molecule has 6 heteroatoms. The van der Waals surface area contributed by atoms with E-state index in [0.29, 0.717) is 22.4 Å². The number of nitrogens with one attached hydrogen (secondary N) is 1. The second-order valence-corrected chi connectivity index (χ2v) is 10.1. The molecule has 3 atom stereocenters. The molecule has 0 aliphatic heterocycles. The molecule has 1 heterocycles. The van der Waals surface area contributed by atoms with Crippen molar-refractivity contribution in [2.45, 2.75) is 86.1 Å². The molecule has 6 nitrogen and oxygen atoms in total. The highest BCUT2D eigenvalue weighted by Gasteiger charge is 2.25. The predicted octanol–water partition coefficient (Wildman–Crippen LogP) is 7.01. The molecule has 3 N–H and O–H groups in total. The predicted molar refractivity (Wildman–Crippen MR) is 155 cm³/mol. The summed E-state index contributed by atoms with van der Waals surface area (Å²) in [7, 11) is 1.95. The molecule has 208 valence electrons. The summed E-state index contributed by atoms with van der Waals surface area (Å²) < 4.78 is 5.29. The number of fused-ring (bicyclic) bond motifs is 1. The highest BCUT2D eigenvalue weighted by molar-refractivity contribution is 5.90. The molecular weight excluding hydrogens is 478 g/mol. The Hall–Kier alpha value is -3.12. The first-order valence-electron chi connectivity index (χ1n) is 13.9. The van der Waals surface area contributed by atoms with Gasteiger partial charge in [0.15, 0.2) is 11.3 Å². The van der Waals surface area contributed by atoms with Crippen molar-refractivity contribution >= 4 is 16.8 Å². The molecule has 3 unspecified atom stereocenters. The summed E-state index contributed by atoms with van der Waals surface area (Å²) in [5.41, 5.74) is 2.82. The van der Waals surface area contributed by atoms with Gasteiger partial charge in [0, 0.05) is 29.8 Å². The summed E-state index contributed by atoms with van der Waals surface area (Å²) in [5.74, 6) is -0.396. The van der Waals surface area contributed by atoms with Crippen LogP contribution in [0.5, 0.6) is 11.5 Å². The van der Waals surface area contributed by atoms with E-state index < -0.39 is 11.4 Å². The van der Waals surface area contributed by atoms with E-state index in [4.69, 9.17) is 4.42 Å². The molecule has 0 radical (unpaired) electrons. The fourth-order valence-corrected chi connectivity index (χ4v) is 4.99. The van der Waals surface area contributed by atoms with Crippen molar-refractivity contribution in [1.29, 1.82) is 0 Å². The normalized spacial score (nSPS) is 13.4. The lowest BCUT2D eigenvalue weighted by molar-refractivity contribution is -0.123. The van der Waals surface area contributed by atoms with Crippen molar-refractivity contribution in [3.05, 3.63) is 69.1 Å². The largest absolute Gasteiger partial charge is 0.504 e. The Morgan fingerprint density at radius 3 is 2.42 bits per heavy atom. The summed E-state index contributed by atoms with van der Waals surface area (Å²) in [6.45, 7) is 12.8. The zero-order valence-corrected chi connectivity index (χ0v) is 24.1. The number of carbonyl (C=O) groups is 1. The zero-order valence-electron chi connectivity index (χ0n) is 24.1. The quantitative estimate of drug-likeness (QED) is 0.174. The molecule has 0 amide bonds. The second kappa shape index (κ2) is 14.7. The van der Waals surface area contributed by atoms with Gasteiger partial charge in [0.05, 0.1) is 0 Å². The molecule has 1 aromatic heterocycles. The number of Topliss-reactive ketones (excluding diaryl/α,β-unsaturated/α-hetero) is 1. The molecule has 0 saturated heterocycles. The Bertz CT molecular complexity index is 1260. The lowest BCUT2D eigenvalue weighted by atomic mass is 9.81. The number of benzene rings is 2. The molecule has 3 aromatic rings. The van der Waals surface area contributed by atoms with Crippen molar-refractivity contribution in [1.82, 2.24) is 5.32 Å². The number of hydrogen-bond donors (Lipinski definition) is 3. The Morgan fingerprint density at radius 1 is 1.05 bits per heavy atom. The fourth-order valence-electron chi connectivity index (χ4n) is 4.99. The average molecular weight is 524 g/mol. The molecule has 0 saturated carbocycles. The Balaban J connectivity index is 0.00000247. The van der Waals surface area contributed by atoms with Crippen LogP contribution in [-0.2, 0) is 17.8 Å². The summed E-state index contributed by atoms with van der Waals surface area (Å²) in [6, 6.07) is 11.7. The van der Waals surface area contributed by atoms with Crippen LogP contribution < -0.4 is 10.9 Å². The van der Waals surface area contributed by atoms with E-state index in [9.17, 15) is 19.8 Å². The van der Waals surface area contributed by atoms with Crippen LogP contribution in [0.2, 0.25) is 0 Å². The number of aryl methyl sites for hydroxylation is 1. The third-order valence-corrected chi connectivity index (χ3v) is 7.53. The highest BCUT2D eigenvalue weighted by atomic mass is 16.4. The van der Waals surface area contributed by atoms with Gasteiger partial charge in [-0.15, -0.1) is 0 Å². The number of hydrogen-bond acceptors (Lipinski definition) is 6. The first-order valence-corrected chi connectivity index (χ1v) is 13.9. The van der Waals surface area contributed by atoms with E-state index in [2.05, 4.69) is 43.4 Å². The molecule has 0 spiro atoms. The lowest BCUT2D eigenvalue weighted by Gasteiger charge is -2.23. The maximum Gasteiger partial charge on any atom is 0.340 e. The first kappa shape index (κ1) is 31.1. The van der Waals surface area contributed by atoms with Crippen molar-refractivity contribution in [3.63, 3.8) is 0 Å². The first-order chi connectivity index (χ1) is 18.2. The van der Waals surface area contributed by atoms with Crippen LogP contribution in [-0.4, -0.2) is 23.0 Å². The van der Waals surface area contributed by atoms with Gasteiger partial charge in [-0.2, -0.15) is 0 Å². The summed E-state index contributed by atoms with van der Waals surface area (Å²) in [5, 5.41) is 23.5. The zero-order chi connectivity index (χ0) is 28.4. The van der Waals surface area contributed by atoms with Crippen LogP contribution in [0.25, 0.3) is 11.0 Å². The van der Waals surface area contributed by atoms with E-state index in [1.54, 1.807) is 13.0 Å². The minimum Gasteiger partial charge on any atom is -0.504 e. The second-order valence-electron chi connectivity index (χ2n) is 10.1. The Morgan fingerprint density at radius 2 is 1.76 bits per heavy atom. The number of rotatable bonds is 12. The van der Waals surface area contributed by atoms with Gasteiger partial charge in [0.1, 0.15) is 5.78 Å². The van der Waals surface area contributed by atoms with Gasteiger partial charge in [-0.05, 0) is 73.9 Å². The molecule has 0 aliphatic rings. The third-order valence-electron chi connectivity index (χ3n) is 7.53. The number of carbonyl (C=O) groups excluding carboxylic acids is 1. The van der Waals surface area contributed by atoms with Gasteiger partial charge < -0.3 is 19.9 Å². The Labute approximate surface area is 227 Å². The van der Waals surface area contributed by atoms with Crippen LogP contribution in [0.4, 0.5) is 0 Å². The smallest absolute Gasteiger partial charge is 0.340 e. The molecule has 2 aromatic carbocycles. The van der Waals surface area contributed by atoms with Crippen LogP contribution >= 0.6 is 0 Å². The molecule has 0 fully saturated rings. The van der Waals surface area contributed by atoms with E-state index in [1.807, 2.05) is 27.8 Å². The minimum atomic E-state index is -0.654. The highest BCUT2D eigenvalue weighted by Crippen LogP contribution is 2.35. The fraction of sp³-hybridized carbons (Fsp3) is 0.500. The van der Waals surface area contributed by atoms with Crippen molar-refractivity contribution in [2.24, 2.45) is 11.8 Å². The van der Waals surface area contributed by atoms with Crippen LogP contribution in [0.15, 0.2) is 45.6 Å². The summed E-state index contributed by atoms with van der Waals surface area (Å²) >= 11 is 0. The summed E-state index contributed by atoms with van der Waals surface area (Å²) in [6.07, 6.45) is 4.13. The third kappa shape index (κ3) is 7.47. The molecule has 38 heavy (non-hydrogen) atoms. The van der Waals surface area contributed by atoms with E-state index >= 15 is 0 Å². The monoisotopic (exact) mass is 523 g/mol. The molecule has 3 rings (SSSR count). The van der Waals surface area contributed by atoms with Gasteiger partial charge in [0.2, 0.25) is 5.75 Å². The van der Waals surface area contributed by atoms with Crippen molar-refractivity contribution < 1.29 is 19.4 Å². The maximum atomic E-state index is 13.2. The molecule has 0 aliphatic carbocycles. The molecular formula is C32H45NO5. The number of phenolic OH excluding ortho intramolecular Hbond substituents is 2. The van der Waals surface area contributed by atoms with Gasteiger partial charge in [-0.25, -0.2) is 4.79 Å². The SMILES string of the molecule is CC.CCCC(CCC(C)C(C)C(=O)Cc1c(C)c2ccc(O)c(O)c2oc1=O)c1cccc(CNC)c1. The van der Waals surface area contributed by atoms with Crippen LogP contribution in [0.3, 0.4) is 0 Å². The Kier molecular flexibility index (Phi) is 12.0. The van der Waals surface area contributed by atoms with Gasteiger partial charge in [0.25, 0.3) is 0 Å².